The Bertz CT molecular complexity index is 1350. The predicted molar refractivity (Wildman–Crippen MR) is 145 cm³/mol. The van der Waals surface area contributed by atoms with Gasteiger partial charge in [-0.05, 0) is 74.7 Å². The standard InChI is InChI=1S/C29H32FN5O2/c1-17-15-34(16-18(2)31-17)27-14-26-23(13-25(27)30)11-12-35(26)29(37)22-7-5-21(6-8-22)24-9-10-28(32-19(24)3)33-20(4)36/h5-10,13-14,17-18,31H,11-12,15-16H2,1-4H3,(H,32,33,36)/t17-,18+. The van der Waals surface area contributed by atoms with E-state index in [4.69, 9.17) is 0 Å². The summed E-state index contributed by atoms with van der Waals surface area (Å²) in [6.45, 7) is 9.50. The third kappa shape index (κ3) is 5.06. The monoisotopic (exact) mass is 501 g/mol. The zero-order valence-corrected chi connectivity index (χ0v) is 21.6. The maximum atomic E-state index is 15.1. The maximum Gasteiger partial charge on any atom is 0.258 e. The lowest BCUT2D eigenvalue weighted by molar-refractivity contribution is -0.114. The van der Waals surface area contributed by atoms with E-state index in [0.717, 1.165) is 41.2 Å². The molecule has 0 aliphatic carbocycles. The summed E-state index contributed by atoms with van der Waals surface area (Å²) in [5.41, 5.74) is 5.43. The number of aromatic nitrogens is 1. The molecule has 0 unspecified atom stereocenters. The second-order valence-corrected chi connectivity index (χ2v) is 10.1. The van der Waals surface area contributed by atoms with Crippen molar-refractivity contribution < 1.29 is 14.0 Å². The number of fused-ring (bicyclic) bond motifs is 1. The van der Waals surface area contributed by atoms with Gasteiger partial charge >= 0.3 is 0 Å². The molecule has 0 saturated carbocycles. The molecular formula is C29H32FN5O2. The zero-order chi connectivity index (χ0) is 26.3. The topological polar surface area (TPSA) is 77.6 Å². The Kier molecular flexibility index (Phi) is 6.69. The fourth-order valence-electron chi connectivity index (χ4n) is 5.44. The number of carbonyl (C=O) groups excluding carboxylic acids is 2. The molecule has 2 amide bonds. The number of hydrogen-bond acceptors (Lipinski definition) is 5. The van der Waals surface area contributed by atoms with Gasteiger partial charge in [0.15, 0.2) is 0 Å². The first-order valence-corrected chi connectivity index (χ1v) is 12.7. The molecule has 3 heterocycles. The molecule has 0 radical (unpaired) electrons. The first kappa shape index (κ1) is 24.9. The van der Waals surface area contributed by atoms with Crippen molar-refractivity contribution in [1.82, 2.24) is 10.3 Å². The van der Waals surface area contributed by atoms with Gasteiger partial charge in [-0.3, -0.25) is 9.59 Å². The Morgan fingerprint density at radius 1 is 1.03 bits per heavy atom. The zero-order valence-electron chi connectivity index (χ0n) is 21.6. The molecule has 37 heavy (non-hydrogen) atoms. The minimum absolute atomic E-state index is 0.0965. The molecule has 1 aromatic heterocycles. The highest BCUT2D eigenvalue weighted by Gasteiger charge is 2.30. The largest absolute Gasteiger partial charge is 0.366 e. The summed E-state index contributed by atoms with van der Waals surface area (Å²) in [5, 5.41) is 6.17. The van der Waals surface area contributed by atoms with E-state index in [1.807, 2.05) is 43.3 Å². The number of rotatable bonds is 4. The molecule has 2 aliphatic heterocycles. The van der Waals surface area contributed by atoms with Crippen molar-refractivity contribution in [3.63, 3.8) is 0 Å². The normalized spacial score (nSPS) is 19.1. The van der Waals surface area contributed by atoms with Gasteiger partial charge in [-0.1, -0.05) is 12.1 Å². The second-order valence-electron chi connectivity index (χ2n) is 10.1. The number of hydrogen-bond donors (Lipinski definition) is 2. The van der Waals surface area contributed by atoms with Crippen molar-refractivity contribution >= 4 is 29.0 Å². The van der Waals surface area contributed by atoms with Crippen molar-refractivity contribution in [3.8, 4) is 11.1 Å². The first-order chi connectivity index (χ1) is 17.7. The number of halogens is 1. The summed E-state index contributed by atoms with van der Waals surface area (Å²) < 4.78 is 15.1. The summed E-state index contributed by atoms with van der Waals surface area (Å²) in [4.78, 5) is 33.1. The van der Waals surface area contributed by atoms with E-state index >= 15 is 4.39 Å². The van der Waals surface area contributed by atoms with Crippen molar-refractivity contribution in [2.45, 2.75) is 46.2 Å². The van der Waals surface area contributed by atoms with Crippen LogP contribution in [0.3, 0.4) is 0 Å². The smallest absolute Gasteiger partial charge is 0.258 e. The number of anilines is 3. The van der Waals surface area contributed by atoms with Crippen LogP contribution in [0.2, 0.25) is 0 Å². The molecule has 5 rings (SSSR count). The van der Waals surface area contributed by atoms with Crippen LogP contribution in [0.5, 0.6) is 0 Å². The van der Waals surface area contributed by atoms with E-state index in [0.29, 0.717) is 30.0 Å². The number of nitrogens with zero attached hydrogens (tertiary/aromatic N) is 3. The summed E-state index contributed by atoms with van der Waals surface area (Å²) in [5.74, 6) is 0.0136. The van der Waals surface area contributed by atoms with E-state index in [1.165, 1.54) is 6.92 Å². The van der Waals surface area contributed by atoms with Gasteiger partial charge in [0.1, 0.15) is 11.6 Å². The van der Waals surface area contributed by atoms with E-state index in [-0.39, 0.29) is 29.7 Å². The summed E-state index contributed by atoms with van der Waals surface area (Å²) in [6.07, 6.45) is 0.635. The highest BCUT2D eigenvalue weighted by atomic mass is 19.1. The molecule has 1 fully saturated rings. The number of piperazine rings is 1. The van der Waals surface area contributed by atoms with Crippen molar-refractivity contribution in [1.29, 1.82) is 0 Å². The highest BCUT2D eigenvalue weighted by molar-refractivity contribution is 6.07. The Morgan fingerprint density at radius 3 is 2.38 bits per heavy atom. The minimum Gasteiger partial charge on any atom is -0.366 e. The number of carbonyl (C=O) groups is 2. The number of nitrogens with one attached hydrogen (secondary N) is 2. The molecule has 8 heteroatoms. The van der Waals surface area contributed by atoms with Crippen molar-refractivity contribution in [2.75, 3.05) is 34.8 Å². The van der Waals surface area contributed by atoms with Gasteiger partial charge in [0.2, 0.25) is 5.91 Å². The summed E-state index contributed by atoms with van der Waals surface area (Å²) >= 11 is 0. The Hall–Kier alpha value is -3.78. The van der Waals surface area contributed by atoms with Gasteiger partial charge < -0.3 is 20.4 Å². The average Bonchev–Trinajstić information content (AvgIpc) is 3.25. The quantitative estimate of drug-likeness (QED) is 0.549. The molecule has 0 spiro atoms. The van der Waals surface area contributed by atoms with Crippen LogP contribution < -0.4 is 20.4 Å². The van der Waals surface area contributed by atoms with Gasteiger partial charge in [-0.2, -0.15) is 0 Å². The molecule has 2 N–H and O–H groups in total. The Morgan fingerprint density at radius 2 is 1.73 bits per heavy atom. The van der Waals surface area contributed by atoms with Crippen LogP contribution in [0.1, 0.15) is 42.4 Å². The number of aryl methyl sites for hydroxylation is 1. The van der Waals surface area contributed by atoms with Gasteiger partial charge in [-0.25, -0.2) is 9.37 Å². The summed E-state index contributed by atoms with van der Waals surface area (Å²) in [6, 6.07) is 15.1. The van der Waals surface area contributed by atoms with Crippen LogP contribution in [0.15, 0.2) is 48.5 Å². The van der Waals surface area contributed by atoms with Crippen LogP contribution in [0.4, 0.5) is 21.6 Å². The van der Waals surface area contributed by atoms with Crippen LogP contribution in [-0.4, -0.2) is 48.5 Å². The molecule has 1 saturated heterocycles. The third-order valence-electron chi connectivity index (χ3n) is 7.02. The van der Waals surface area contributed by atoms with Crippen LogP contribution in [0, 0.1) is 12.7 Å². The van der Waals surface area contributed by atoms with E-state index in [2.05, 4.69) is 34.4 Å². The average molecular weight is 502 g/mol. The molecule has 0 bridgehead atoms. The molecule has 3 aromatic rings. The first-order valence-electron chi connectivity index (χ1n) is 12.7. The van der Waals surface area contributed by atoms with Crippen molar-refractivity contribution in [2.24, 2.45) is 0 Å². The van der Waals surface area contributed by atoms with Gasteiger partial charge in [0, 0.05) is 61.1 Å². The molecule has 7 nitrogen and oxygen atoms in total. The third-order valence-corrected chi connectivity index (χ3v) is 7.02. The van der Waals surface area contributed by atoms with Gasteiger partial charge in [0.25, 0.3) is 5.91 Å². The SMILES string of the molecule is CC(=O)Nc1ccc(-c2ccc(C(=O)N3CCc4cc(F)c(N5C[C@@H](C)N[C@@H](C)C5)cc43)cc2)c(C)n1. The molecule has 2 aromatic carbocycles. The van der Waals surface area contributed by atoms with Crippen LogP contribution >= 0.6 is 0 Å². The van der Waals surface area contributed by atoms with Crippen LogP contribution in [0.25, 0.3) is 11.1 Å². The number of pyridine rings is 1. The molecule has 2 aliphatic rings. The van der Waals surface area contributed by atoms with E-state index in [1.54, 1.807) is 17.0 Å². The van der Waals surface area contributed by atoms with Gasteiger partial charge in [0.05, 0.1) is 5.69 Å². The number of amides is 2. The van der Waals surface area contributed by atoms with E-state index in [9.17, 15) is 9.59 Å². The minimum atomic E-state index is -0.229. The lowest BCUT2D eigenvalue weighted by Crippen LogP contribution is -2.54. The fraction of sp³-hybridized carbons (Fsp3) is 0.345. The Labute approximate surface area is 216 Å². The molecule has 2 atom stereocenters. The maximum absolute atomic E-state index is 15.1. The highest BCUT2D eigenvalue weighted by Crippen LogP contribution is 2.36. The van der Waals surface area contributed by atoms with Crippen molar-refractivity contribution in [3.05, 3.63) is 71.2 Å². The van der Waals surface area contributed by atoms with E-state index < -0.39 is 0 Å². The second kappa shape index (κ2) is 9.94. The molecule has 192 valence electrons. The lowest BCUT2D eigenvalue weighted by Gasteiger charge is -2.38. The molecular weight excluding hydrogens is 469 g/mol. The lowest BCUT2D eigenvalue weighted by atomic mass is 10.0. The number of benzene rings is 2. The van der Waals surface area contributed by atoms with Gasteiger partial charge in [-0.15, -0.1) is 0 Å². The summed E-state index contributed by atoms with van der Waals surface area (Å²) in [7, 11) is 0. The fourth-order valence-corrected chi connectivity index (χ4v) is 5.44. The predicted octanol–water partition coefficient (Wildman–Crippen LogP) is 4.54. The van der Waals surface area contributed by atoms with Crippen LogP contribution in [-0.2, 0) is 11.2 Å². The Balaban J connectivity index is 1.38.